The summed E-state index contributed by atoms with van der Waals surface area (Å²) in [6.07, 6.45) is 1.14. The number of hydrogen-bond donors (Lipinski definition) is 3. The fourth-order valence-corrected chi connectivity index (χ4v) is 1.42. The Kier molecular flexibility index (Phi) is 5.32. The predicted octanol–water partition coefficient (Wildman–Crippen LogP) is 2.02. The van der Waals surface area contributed by atoms with Crippen molar-refractivity contribution in [3.8, 4) is 0 Å². The zero-order chi connectivity index (χ0) is 15.3. The third kappa shape index (κ3) is 4.76. The number of rotatable bonds is 3. The lowest BCUT2D eigenvalue weighted by atomic mass is 10.3. The van der Waals surface area contributed by atoms with Gasteiger partial charge in [0.25, 0.3) is 5.91 Å². The Morgan fingerprint density at radius 3 is 2.40 bits per heavy atom. The zero-order valence-electron chi connectivity index (χ0n) is 9.62. The molecule has 0 saturated carbocycles. The van der Waals surface area contributed by atoms with Crippen molar-refractivity contribution in [2.24, 2.45) is 0 Å². The number of urea groups is 1. The van der Waals surface area contributed by atoms with Gasteiger partial charge in [0.1, 0.15) is 11.6 Å². The topological polar surface area (TPSA) is 95.5 Å². The molecule has 0 radical (unpaired) electrons. The van der Waals surface area contributed by atoms with Crippen LogP contribution in [0.25, 0.3) is 0 Å². The number of amides is 3. The van der Waals surface area contributed by atoms with Gasteiger partial charge in [-0.15, -0.1) is 0 Å². The standard InChI is InChI=1S/C11H7BrF2N2O4/c12-5-3-8(7(14)4-6(5)13)15-11(20)16-9(17)1-2-10(18)19/h1-4H,(H,18,19)(H2,15,16,17,20)/b2-1+. The van der Waals surface area contributed by atoms with Crippen LogP contribution in [0.1, 0.15) is 0 Å². The summed E-state index contributed by atoms with van der Waals surface area (Å²) in [6, 6.07) is 0.427. The maximum atomic E-state index is 13.3. The molecule has 1 aromatic carbocycles. The van der Waals surface area contributed by atoms with Crippen LogP contribution in [-0.2, 0) is 9.59 Å². The number of anilines is 1. The normalized spacial score (nSPS) is 10.3. The average Bonchev–Trinajstić information content (AvgIpc) is 2.33. The summed E-state index contributed by atoms with van der Waals surface area (Å²) in [5.74, 6) is -4.26. The fourth-order valence-electron chi connectivity index (χ4n) is 1.07. The molecule has 1 aromatic rings. The van der Waals surface area contributed by atoms with Crippen molar-refractivity contribution < 1.29 is 28.3 Å². The van der Waals surface area contributed by atoms with Crippen LogP contribution in [0, 0.1) is 11.6 Å². The highest BCUT2D eigenvalue weighted by molar-refractivity contribution is 9.10. The van der Waals surface area contributed by atoms with E-state index in [1.807, 2.05) is 5.32 Å². The third-order valence-corrected chi connectivity index (χ3v) is 2.48. The lowest BCUT2D eigenvalue weighted by Gasteiger charge is -2.07. The second-order valence-electron chi connectivity index (χ2n) is 3.36. The van der Waals surface area contributed by atoms with Crippen LogP contribution in [0.4, 0.5) is 19.3 Å². The lowest BCUT2D eigenvalue weighted by molar-refractivity contribution is -0.131. The van der Waals surface area contributed by atoms with Crippen LogP contribution in [0.5, 0.6) is 0 Å². The molecule has 0 bridgehead atoms. The lowest BCUT2D eigenvalue weighted by Crippen LogP contribution is -2.33. The molecule has 0 spiro atoms. The summed E-state index contributed by atoms with van der Waals surface area (Å²) in [5.41, 5.74) is -0.356. The fraction of sp³-hybridized carbons (Fsp3) is 0. The largest absolute Gasteiger partial charge is 0.478 e. The van der Waals surface area contributed by atoms with E-state index in [1.54, 1.807) is 5.32 Å². The Labute approximate surface area is 119 Å². The molecule has 1 rings (SSSR count). The second kappa shape index (κ2) is 6.75. The highest BCUT2D eigenvalue weighted by Crippen LogP contribution is 2.23. The summed E-state index contributed by atoms with van der Waals surface area (Å²) in [7, 11) is 0. The minimum Gasteiger partial charge on any atom is -0.478 e. The zero-order valence-corrected chi connectivity index (χ0v) is 11.2. The first-order valence-electron chi connectivity index (χ1n) is 4.97. The number of carboxylic acid groups (broad SMARTS) is 1. The first-order valence-corrected chi connectivity index (χ1v) is 5.76. The van der Waals surface area contributed by atoms with E-state index in [4.69, 9.17) is 5.11 Å². The van der Waals surface area contributed by atoms with Crippen molar-refractivity contribution in [2.45, 2.75) is 0 Å². The Morgan fingerprint density at radius 2 is 1.80 bits per heavy atom. The van der Waals surface area contributed by atoms with Crippen molar-refractivity contribution in [3.05, 3.63) is 40.4 Å². The molecule has 106 valence electrons. The Balaban J connectivity index is 2.70. The maximum Gasteiger partial charge on any atom is 0.328 e. The van der Waals surface area contributed by atoms with E-state index in [2.05, 4.69) is 15.9 Å². The van der Waals surface area contributed by atoms with Gasteiger partial charge in [0, 0.05) is 18.2 Å². The molecule has 0 heterocycles. The number of halogens is 3. The predicted molar refractivity (Wildman–Crippen MR) is 68.0 cm³/mol. The number of imide groups is 1. The first kappa shape index (κ1) is 15.8. The van der Waals surface area contributed by atoms with Crippen LogP contribution >= 0.6 is 15.9 Å². The molecule has 6 nitrogen and oxygen atoms in total. The molecule has 0 atom stereocenters. The van der Waals surface area contributed by atoms with Crippen LogP contribution < -0.4 is 10.6 Å². The van der Waals surface area contributed by atoms with E-state index >= 15 is 0 Å². The van der Waals surface area contributed by atoms with E-state index in [1.165, 1.54) is 0 Å². The number of hydrogen-bond acceptors (Lipinski definition) is 3. The van der Waals surface area contributed by atoms with Gasteiger partial charge in [-0.3, -0.25) is 10.1 Å². The molecule has 0 unspecified atom stereocenters. The van der Waals surface area contributed by atoms with Gasteiger partial charge in [-0.25, -0.2) is 18.4 Å². The number of benzene rings is 1. The Morgan fingerprint density at radius 1 is 1.15 bits per heavy atom. The molecule has 0 aromatic heterocycles. The number of carbonyl (C=O) groups is 3. The molecule has 20 heavy (non-hydrogen) atoms. The first-order chi connectivity index (χ1) is 9.29. The molecular weight excluding hydrogens is 342 g/mol. The molecule has 9 heteroatoms. The molecule has 3 amide bonds. The SMILES string of the molecule is O=C(O)/C=C/C(=O)NC(=O)Nc1cc(Br)c(F)cc1F. The van der Waals surface area contributed by atoms with Gasteiger partial charge in [0.15, 0.2) is 0 Å². The summed E-state index contributed by atoms with van der Waals surface area (Å²) < 4.78 is 26.2. The molecule has 0 saturated heterocycles. The van der Waals surface area contributed by atoms with Crippen molar-refractivity contribution in [3.63, 3.8) is 0 Å². The molecule has 0 aliphatic rings. The minimum atomic E-state index is -1.37. The number of carboxylic acids is 1. The Bertz CT molecular complexity index is 604. The van der Waals surface area contributed by atoms with E-state index < -0.39 is 29.5 Å². The number of nitrogens with one attached hydrogen (secondary N) is 2. The molecular formula is C11H7BrF2N2O4. The summed E-state index contributed by atoms with van der Waals surface area (Å²) in [6.45, 7) is 0. The van der Waals surface area contributed by atoms with E-state index in [0.717, 1.165) is 6.07 Å². The van der Waals surface area contributed by atoms with E-state index in [0.29, 0.717) is 18.2 Å². The van der Waals surface area contributed by atoms with Gasteiger partial charge in [0.2, 0.25) is 0 Å². The van der Waals surface area contributed by atoms with E-state index in [-0.39, 0.29) is 10.2 Å². The monoisotopic (exact) mass is 348 g/mol. The van der Waals surface area contributed by atoms with E-state index in [9.17, 15) is 23.2 Å². The van der Waals surface area contributed by atoms with Gasteiger partial charge in [0.05, 0.1) is 10.2 Å². The van der Waals surface area contributed by atoms with Crippen LogP contribution in [0.3, 0.4) is 0 Å². The number of aliphatic carboxylic acids is 1. The second-order valence-corrected chi connectivity index (χ2v) is 4.22. The van der Waals surface area contributed by atoms with Gasteiger partial charge < -0.3 is 10.4 Å². The maximum absolute atomic E-state index is 13.3. The molecule has 0 fully saturated rings. The third-order valence-electron chi connectivity index (χ3n) is 1.87. The van der Waals surface area contributed by atoms with Crippen LogP contribution in [-0.4, -0.2) is 23.0 Å². The highest BCUT2D eigenvalue weighted by Gasteiger charge is 2.12. The smallest absolute Gasteiger partial charge is 0.328 e. The quantitative estimate of drug-likeness (QED) is 0.575. The van der Waals surface area contributed by atoms with Gasteiger partial charge in [-0.05, 0) is 22.0 Å². The highest BCUT2D eigenvalue weighted by atomic mass is 79.9. The van der Waals surface area contributed by atoms with Crippen LogP contribution in [0.15, 0.2) is 28.8 Å². The summed E-state index contributed by atoms with van der Waals surface area (Å²) in [4.78, 5) is 32.5. The molecule has 0 aliphatic heterocycles. The average molecular weight is 349 g/mol. The van der Waals surface area contributed by atoms with Gasteiger partial charge in [-0.2, -0.15) is 0 Å². The summed E-state index contributed by atoms with van der Waals surface area (Å²) >= 11 is 2.81. The van der Waals surface area contributed by atoms with Crippen LogP contribution in [0.2, 0.25) is 0 Å². The van der Waals surface area contributed by atoms with Crippen molar-refractivity contribution in [2.75, 3.05) is 5.32 Å². The molecule has 3 N–H and O–H groups in total. The summed E-state index contributed by atoms with van der Waals surface area (Å²) in [5, 5.41) is 12.0. The van der Waals surface area contributed by atoms with Gasteiger partial charge in [-0.1, -0.05) is 0 Å². The van der Waals surface area contributed by atoms with Crippen molar-refractivity contribution in [1.29, 1.82) is 0 Å². The van der Waals surface area contributed by atoms with Crippen molar-refractivity contribution in [1.82, 2.24) is 5.32 Å². The molecule has 0 aliphatic carbocycles. The van der Waals surface area contributed by atoms with Gasteiger partial charge >= 0.3 is 12.0 Å². The van der Waals surface area contributed by atoms with Crippen molar-refractivity contribution >= 4 is 39.5 Å². The minimum absolute atomic E-state index is 0.0775. The Hall–Kier alpha value is -2.29. The number of carbonyl (C=O) groups excluding carboxylic acids is 2.